The van der Waals surface area contributed by atoms with Crippen molar-refractivity contribution in [1.82, 2.24) is 19.9 Å². The summed E-state index contributed by atoms with van der Waals surface area (Å²) in [6.07, 6.45) is -3.01. The predicted molar refractivity (Wildman–Crippen MR) is 124 cm³/mol. The summed E-state index contributed by atoms with van der Waals surface area (Å²) in [4.78, 5) is 24.6. The van der Waals surface area contributed by atoms with Crippen molar-refractivity contribution in [3.05, 3.63) is 48.7 Å². The molecule has 35 heavy (non-hydrogen) atoms. The van der Waals surface area contributed by atoms with Crippen molar-refractivity contribution < 1.29 is 22.6 Å². The van der Waals surface area contributed by atoms with Gasteiger partial charge < -0.3 is 24.2 Å². The first-order chi connectivity index (χ1) is 16.9. The van der Waals surface area contributed by atoms with Gasteiger partial charge in [-0.15, -0.1) is 13.2 Å². The van der Waals surface area contributed by atoms with Crippen LogP contribution in [0.5, 0.6) is 5.75 Å². The van der Waals surface area contributed by atoms with Gasteiger partial charge in [0.15, 0.2) is 5.82 Å². The standard InChI is InChI=1S/C23H24F3N7O2/c24-23(25,26)35-18-5-3-4-17(16-18)20-28-21(30-22(29-20)33-12-14-34-15-13-33)32-10-8-31(9-11-32)19-6-1-2-7-27-19/h1-7,16H,8-15H2. The van der Waals surface area contributed by atoms with Gasteiger partial charge in [-0.25, -0.2) is 4.98 Å². The number of hydrogen-bond donors (Lipinski definition) is 0. The molecule has 1 aromatic carbocycles. The highest BCUT2D eigenvalue weighted by molar-refractivity contribution is 5.61. The predicted octanol–water partition coefficient (Wildman–Crippen LogP) is 3.00. The summed E-state index contributed by atoms with van der Waals surface area (Å²) in [5.41, 5.74) is 0.414. The molecule has 12 heteroatoms. The van der Waals surface area contributed by atoms with Crippen molar-refractivity contribution >= 4 is 17.7 Å². The zero-order valence-electron chi connectivity index (χ0n) is 18.9. The van der Waals surface area contributed by atoms with E-state index in [-0.39, 0.29) is 11.6 Å². The van der Waals surface area contributed by atoms with Gasteiger partial charge in [-0.3, -0.25) is 0 Å². The van der Waals surface area contributed by atoms with Crippen molar-refractivity contribution in [2.24, 2.45) is 0 Å². The topological polar surface area (TPSA) is 79.7 Å². The molecule has 3 aromatic rings. The van der Waals surface area contributed by atoms with Crippen LogP contribution in [0, 0.1) is 0 Å². The first-order valence-electron chi connectivity index (χ1n) is 11.3. The molecule has 2 aliphatic rings. The molecule has 0 saturated carbocycles. The number of morpholine rings is 1. The van der Waals surface area contributed by atoms with Gasteiger partial charge in [-0.1, -0.05) is 18.2 Å². The first kappa shape index (κ1) is 23.1. The molecule has 0 spiro atoms. The molecule has 0 N–H and O–H groups in total. The smallest absolute Gasteiger partial charge is 0.406 e. The third-order valence-electron chi connectivity index (χ3n) is 5.77. The number of alkyl halides is 3. The van der Waals surface area contributed by atoms with Crippen LogP contribution in [0.25, 0.3) is 11.4 Å². The third kappa shape index (κ3) is 5.70. The Hall–Kier alpha value is -3.67. The molecule has 2 aliphatic heterocycles. The number of ether oxygens (including phenoxy) is 2. The summed E-state index contributed by atoms with van der Waals surface area (Å²) in [5, 5.41) is 0. The van der Waals surface area contributed by atoms with E-state index in [1.165, 1.54) is 18.2 Å². The summed E-state index contributed by atoms with van der Waals surface area (Å²) < 4.78 is 47.8. The summed E-state index contributed by atoms with van der Waals surface area (Å²) in [6.45, 7) is 5.14. The summed E-state index contributed by atoms with van der Waals surface area (Å²) in [5.74, 6) is 1.84. The molecule has 2 aromatic heterocycles. The lowest BCUT2D eigenvalue weighted by Gasteiger charge is -2.36. The molecule has 0 unspecified atom stereocenters. The zero-order valence-corrected chi connectivity index (χ0v) is 18.9. The molecular formula is C23H24F3N7O2. The summed E-state index contributed by atoms with van der Waals surface area (Å²) in [7, 11) is 0. The molecule has 0 bridgehead atoms. The average molecular weight is 487 g/mol. The monoisotopic (exact) mass is 487 g/mol. The van der Waals surface area contributed by atoms with Gasteiger partial charge in [0.25, 0.3) is 0 Å². The SMILES string of the molecule is FC(F)(F)Oc1cccc(-c2nc(N3CCOCC3)nc(N3CCN(c4ccccn4)CC3)n2)c1. The van der Waals surface area contributed by atoms with Crippen LogP contribution in [-0.4, -0.2) is 78.8 Å². The number of benzene rings is 1. The van der Waals surface area contributed by atoms with Crippen molar-refractivity contribution in [2.45, 2.75) is 6.36 Å². The number of halogens is 3. The molecule has 0 radical (unpaired) electrons. The van der Waals surface area contributed by atoms with E-state index < -0.39 is 6.36 Å². The van der Waals surface area contributed by atoms with Gasteiger partial charge in [0.05, 0.1) is 13.2 Å². The van der Waals surface area contributed by atoms with Crippen LogP contribution in [0.2, 0.25) is 0 Å². The first-order valence-corrected chi connectivity index (χ1v) is 11.3. The van der Waals surface area contributed by atoms with E-state index in [0.29, 0.717) is 56.9 Å². The molecule has 0 amide bonds. The molecule has 4 heterocycles. The number of hydrogen-bond acceptors (Lipinski definition) is 9. The highest BCUT2D eigenvalue weighted by atomic mass is 19.4. The number of nitrogens with zero attached hydrogens (tertiary/aromatic N) is 7. The highest BCUT2D eigenvalue weighted by Crippen LogP contribution is 2.28. The fraction of sp³-hybridized carbons (Fsp3) is 0.391. The second kappa shape index (κ2) is 9.90. The highest BCUT2D eigenvalue weighted by Gasteiger charge is 2.31. The third-order valence-corrected chi connectivity index (χ3v) is 5.77. The van der Waals surface area contributed by atoms with Crippen LogP contribution >= 0.6 is 0 Å². The van der Waals surface area contributed by atoms with E-state index in [9.17, 15) is 13.2 Å². The fourth-order valence-corrected chi connectivity index (χ4v) is 4.04. The van der Waals surface area contributed by atoms with E-state index in [1.54, 1.807) is 12.3 Å². The largest absolute Gasteiger partial charge is 0.573 e. The van der Waals surface area contributed by atoms with Crippen LogP contribution < -0.4 is 19.4 Å². The van der Waals surface area contributed by atoms with Gasteiger partial charge in [-0.2, -0.15) is 15.0 Å². The van der Waals surface area contributed by atoms with Gasteiger partial charge in [0.1, 0.15) is 11.6 Å². The molecule has 0 atom stereocenters. The quantitative estimate of drug-likeness (QED) is 0.540. The van der Waals surface area contributed by atoms with E-state index in [4.69, 9.17) is 9.72 Å². The second-order valence-corrected chi connectivity index (χ2v) is 8.10. The van der Waals surface area contributed by atoms with Crippen LogP contribution in [0.1, 0.15) is 0 Å². The number of aromatic nitrogens is 4. The fourth-order valence-electron chi connectivity index (χ4n) is 4.04. The molecule has 9 nitrogen and oxygen atoms in total. The Morgan fingerprint density at radius 3 is 2.11 bits per heavy atom. The number of rotatable bonds is 5. The van der Waals surface area contributed by atoms with Crippen LogP contribution in [0.4, 0.5) is 30.9 Å². The Bertz CT molecular complexity index is 1140. The Balaban J connectivity index is 1.43. The molecule has 2 saturated heterocycles. The molecule has 184 valence electrons. The van der Waals surface area contributed by atoms with E-state index >= 15 is 0 Å². The van der Waals surface area contributed by atoms with Crippen molar-refractivity contribution in [3.63, 3.8) is 0 Å². The second-order valence-electron chi connectivity index (χ2n) is 8.10. The maximum absolute atomic E-state index is 12.7. The van der Waals surface area contributed by atoms with Gasteiger partial charge >= 0.3 is 6.36 Å². The van der Waals surface area contributed by atoms with Gasteiger partial charge in [-0.05, 0) is 24.3 Å². The maximum Gasteiger partial charge on any atom is 0.573 e. The minimum atomic E-state index is -4.78. The molecule has 0 aliphatic carbocycles. The number of piperazine rings is 1. The molecule has 2 fully saturated rings. The number of anilines is 3. The zero-order chi connectivity index (χ0) is 24.3. The van der Waals surface area contributed by atoms with Gasteiger partial charge in [0, 0.05) is 51.0 Å². The molecule has 5 rings (SSSR count). The van der Waals surface area contributed by atoms with Crippen molar-refractivity contribution in [2.75, 3.05) is 67.2 Å². The van der Waals surface area contributed by atoms with Crippen LogP contribution in [-0.2, 0) is 4.74 Å². The average Bonchev–Trinajstić information content (AvgIpc) is 2.89. The summed E-state index contributed by atoms with van der Waals surface area (Å²) >= 11 is 0. The minimum Gasteiger partial charge on any atom is -0.406 e. The van der Waals surface area contributed by atoms with E-state index in [0.717, 1.165) is 18.9 Å². The normalized spacial score (nSPS) is 16.9. The number of pyridine rings is 1. The van der Waals surface area contributed by atoms with Gasteiger partial charge in [0.2, 0.25) is 11.9 Å². The molecular weight excluding hydrogens is 463 g/mol. The lowest BCUT2D eigenvalue weighted by atomic mass is 10.2. The Morgan fingerprint density at radius 2 is 1.46 bits per heavy atom. The Labute approximate surface area is 200 Å². The Kier molecular flexibility index (Phi) is 6.53. The van der Waals surface area contributed by atoms with E-state index in [2.05, 4.69) is 29.5 Å². The van der Waals surface area contributed by atoms with Crippen molar-refractivity contribution in [1.29, 1.82) is 0 Å². The van der Waals surface area contributed by atoms with Crippen LogP contribution in [0.3, 0.4) is 0 Å². The maximum atomic E-state index is 12.7. The Morgan fingerprint density at radius 1 is 0.771 bits per heavy atom. The van der Waals surface area contributed by atoms with Crippen LogP contribution in [0.15, 0.2) is 48.7 Å². The lowest BCUT2D eigenvalue weighted by molar-refractivity contribution is -0.274. The van der Waals surface area contributed by atoms with Crippen molar-refractivity contribution in [3.8, 4) is 17.1 Å². The minimum absolute atomic E-state index is 0.288. The van der Waals surface area contributed by atoms with E-state index in [1.807, 2.05) is 23.1 Å². The summed E-state index contributed by atoms with van der Waals surface area (Å²) in [6, 6.07) is 11.5. The lowest BCUT2D eigenvalue weighted by Crippen LogP contribution is -2.47.